The SMILES string of the molecule is CC(=O)Oc1nc(-c2cc3ccccc3s2)oc1-c1ccc(Cl)c(F)c1. The van der Waals surface area contributed by atoms with Crippen molar-refractivity contribution in [3.63, 3.8) is 0 Å². The second-order valence-electron chi connectivity index (χ2n) is 5.52. The van der Waals surface area contributed by atoms with Crippen LogP contribution >= 0.6 is 22.9 Å². The van der Waals surface area contributed by atoms with Crippen LogP contribution in [0.2, 0.25) is 5.02 Å². The highest BCUT2D eigenvalue weighted by Gasteiger charge is 2.21. The average molecular weight is 388 g/mol. The zero-order valence-corrected chi connectivity index (χ0v) is 15.0. The molecule has 0 saturated carbocycles. The number of rotatable bonds is 3. The van der Waals surface area contributed by atoms with Gasteiger partial charge in [-0.25, -0.2) is 4.39 Å². The first-order valence-electron chi connectivity index (χ1n) is 7.65. The van der Waals surface area contributed by atoms with Crippen LogP contribution in [0.1, 0.15) is 6.92 Å². The topological polar surface area (TPSA) is 52.3 Å². The molecule has 0 radical (unpaired) electrons. The molecule has 4 aromatic rings. The van der Waals surface area contributed by atoms with Gasteiger partial charge >= 0.3 is 5.97 Å². The molecule has 0 aliphatic carbocycles. The lowest BCUT2D eigenvalue weighted by Gasteiger charge is -2.01. The van der Waals surface area contributed by atoms with E-state index in [1.165, 1.54) is 30.4 Å². The lowest BCUT2D eigenvalue weighted by Crippen LogP contribution is -2.02. The molecule has 0 unspecified atom stereocenters. The van der Waals surface area contributed by atoms with E-state index in [2.05, 4.69) is 4.98 Å². The van der Waals surface area contributed by atoms with Crippen LogP contribution < -0.4 is 4.74 Å². The van der Waals surface area contributed by atoms with Crippen molar-refractivity contribution < 1.29 is 18.3 Å². The number of hydrogen-bond acceptors (Lipinski definition) is 5. The third-order valence-electron chi connectivity index (χ3n) is 3.65. The maximum Gasteiger partial charge on any atom is 0.309 e. The number of nitrogens with zero attached hydrogens (tertiary/aromatic N) is 1. The number of carbonyl (C=O) groups excluding carboxylic acids is 1. The molecule has 7 heteroatoms. The summed E-state index contributed by atoms with van der Waals surface area (Å²) < 4.78 is 25.9. The molecule has 0 aliphatic rings. The van der Waals surface area contributed by atoms with Crippen molar-refractivity contribution in [1.29, 1.82) is 0 Å². The summed E-state index contributed by atoms with van der Waals surface area (Å²) in [5.41, 5.74) is 0.378. The van der Waals surface area contributed by atoms with Gasteiger partial charge in [-0.3, -0.25) is 4.79 Å². The average Bonchev–Trinajstić information content (AvgIpc) is 3.20. The Morgan fingerprint density at radius 2 is 2.04 bits per heavy atom. The van der Waals surface area contributed by atoms with Crippen LogP contribution in [0.3, 0.4) is 0 Å². The van der Waals surface area contributed by atoms with Gasteiger partial charge in [0.05, 0.1) is 9.90 Å². The zero-order valence-electron chi connectivity index (χ0n) is 13.5. The van der Waals surface area contributed by atoms with E-state index in [-0.39, 0.29) is 16.7 Å². The Morgan fingerprint density at radius 3 is 2.77 bits per heavy atom. The number of aromatic nitrogens is 1. The molecule has 2 aromatic heterocycles. The van der Waals surface area contributed by atoms with Crippen molar-refractivity contribution in [3.8, 4) is 28.0 Å². The molecule has 0 fully saturated rings. The van der Waals surface area contributed by atoms with Crippen molar-refractivity contribution in [3.05, 3.63) is 59.4 Å². The van der Waals surface area contributed by atoms with E-state index >= 15 is 0 Å². The Bertz CT molecular complexity index is 1100. The van der Waals surface area contributed by atoms with Crippen LogP contribution in [0.25, 0.3) is 32.2 Å². The molecule has 0 aliphatic heterocycles. The summed E-state index contributed by atoms with van der Waals surface area (Å²) in [5, 5.41) is 1.05. The van der Waals surface area contributed by atoms with Crippen LogP contribution in [0.15, 0.2) is 52.9 Å². The molecule has 26 heavy (non-hydrogen) atoms. The fourth-order valence-corrected chi connectivity index (χ4v) is 3.63. The number of ether oxygens (including phenoxy) is 1. The summed E-state index contributed by atoms with van der Waals surface area (Å²) in [6.45, 7) is 1.26. The molecule has 0 saturated heterocycles. The molecule has 2 aromatic carbocycles. The van der Waals surface area contributed by atoms with E-state index < -0.39 is 11.8 Å². The Balaban J connectivity index is 1.85. The van der Waals surface area contributed by atoms with Gasteiger partial charge in [-0.2, -0.15) is 4.98 Å². The molecule has 130 valence electrons. The van der Waals surface area contributed by atoms with Crippen molar-refractivity contribution in [2.24, 2.45) is 0 Å². The lowest BCUT2D eigenvalue weighted by molar-refractivity contribution is -0.132. The van der Waals surface area contributed by atoms with Crippen molar-refractivity contribution >= 4 is 39.0 Å². The summed E-state index contributed by atoms with van der Waals surface area (Å²) in [5.74, 6) is -0.683. The largest absolute Gasteiger partial charge is 0.431 e. The number of halogens is 2. The molecule has 0 N–H and O–H groups in total. The van der Waals surface area contributed by atoms with Crippen molar-refractivity contribution in [2.75, 3.05) is 0 Å². The fourth-order valence-electron chi connectivity index (χ4n) is 2.52. The van der Waals surface area contributed by atoms with E-state index in [4.69, 9.17) is 20.8 Å². The maximum absolute atomic E-state index is 13.8. The van der Waals surface area contributed by atoms with Crippen LogP contribution in [0.5, 0.6) is 5.88 Å². The zero-order chi connectivity index (χ0) is 18.3. The predicted molar refractivity (Wildman–Crippen MR) is 99.0 cm³/mol. The minimum absolute atomic E-state index is 0.00738. The number of oxazole rings is 1. The van der Waals surface area contributed by atoms with Crippen LogP contribution in [-0.2, 0) is 4.79 Å². The van der Waals surface area contributed by atoms with Gasteiger partial charge in [-0.15, -0.1) is 11.3 Å². The third kappa shape index (κ3) is 3.09. The Labute approximate surface area is 156 Å². The van der Waals surface area contributed by atoms with Gasteiger partial charge in [0.15, 0.2) is 5.76 Å². The quantitative estimate of drug-likeness (QED) is 0.408. The summed E-state index contributed by atoms with van der Waals surface area (Å²) in [6.07, 6.45) is 0. The van der Waals surface area contributed by atoms with Gasteiger partial charge in [0.1, 0.15) is 5.82 Å². The van der Waals surface area contributed by atoms with Crippen LogP contribution in [-0.4, -0.2) is 11.0 Å². The predicted octanol–water partition coefficient (Wildman–Crippen LogP) is 5.94. The lowest BCUT2D eigenvalue weighted by atomic mass is 10.2. The maximum atomic E-state index is 13.8. The van der Waals surface area contributed by atoms with Gasteiger partial charge in [0, 0.05) is 17.2 Å². The summed E-state index contributed by atoms with van der Waals surface area (Å²) >= 11 is 7.23. The van der Waals surface area contributed by atoms with Gasteiger partial charge in [-0.1, -0.05) is 29.8 Å². The number of benzene rings is 2. The second kappa shape index (κ2) is 6.55. The molecule has 4 rings (SSSR count). The molecule has 2 heterocycles. The molecule has 4 nitrogen and oxygen atoms in total. The van der Waals surface area contributed by atoms with E-state index in [1.54, 1.807) is 6.07 Å². The first kappa shape index (κ1) is 16.8. The second-order valence-corrected chi connectivity index (χ2v) is 7.02. The number of esters is 1. The number of carbonyl (C=O) groups is 1. The minimum atomic E-state index is -0.599. The summed E-state index contributed by atoms with van der Waals surface area (Å²) in [6, 6.07) is 14.0. The standard InChI is InChI=1S/C19H11ClFNO3S/c1-10(23)24-19-17(12-6-7-13(20)14(21)8-12)25-18(22-19)16-9-11-4-2-3-5-15(11)26-16/h2-9H,1H3. The van der Waals surface area contributed by atoms with E-state index in [0.717, 1.165) is 15.0 Å². The first-order chi connectivity index (χ1) is 12.5. The molecular formula is C19H11ClFNO3S. The van der Waals surface area contributed by atoms with E-state index in [0.29, 0.717) is 11.5 Å². The Hall–Kier alpha value is -2.70. The molecular weight excluding hydrogens is 377 g/mol. The minimum Gasteiger partial charge on any atom is -0.431 e. The van der Waals surface area contributed by atoms with Crippen molar-refractivity contribution in [2.45, 2.75) is 6.92 Å². The van der Waals surface area contributed by atoms with Gasteiger partial charge < -0.3 is 9.15 Å². The molecule has 0 atom stereocenters. The van der Waals surface area contributed by atoms with Crippen LogP contribution in [0.4, 0.5) is 4.39 Å². The van der Waals surface area contributed by atoms with Gasteiger partial charge in [0.25, 0.3) is 5.88 Å². The van der Waals surface area contributed by atoms with Crippen LogP contribution in [0, 0.1) is 5.82 Å². The van der Waals surface area contributed by atoms with Crippen molar-refractivity contribution in [1.82, 2.24) is 4.98 Å². The monoisotopic (exact) mass is 387 g/mol. The molecule has 0 spiro atoms. The first-order valence-corrected chi connectivity index (χ1v) is 8.84. The fraction of sp³-hybridized carbons (Fsp3) is 0.0526. The van der Waals surface area contributed by atoms with Gasteiger partial charge in [-0.05, 0) is 35.7 Å². The highest BCUT2D eigenvalue weighted by molar-refractivity contribution is 7.22. The number of fused-ring (bicyclic) bond motifs is 1. The van der Waals surface area contributed by atoms with Gasteiger partial charge in [0.2, 0.25) is 5.89 Å². The normalized spacial score (nSPS) is 11.0. The summed E-state index contributed by atoms with van der Waals surface area (Å²) in [4.78, 5) is 16.5. The Morgan fingerprint density at radius 1 is 1.23 bits per heavy atom. The Kier molecular flexibility index (Phi) is 4.22. The smallest absolute Gasteiger partial charge is 0.309 e. The number of thiophene rings is 1. The highest BCUT2D eigenvalue weighted by atomic mass is 35.5. The highest BCUT2D eigenvalue weighted by Crippen LogP contribution is 2.39. The number of hydrogen-bond donors (Lipinski definition) is 0. The molecule has 0 bridgehead atoms. The van der Waals surface area contributed by atoms with E-state index in [9.17, 15) is 9.18 Å². The van der Waals surface area contributed by atoms with E-state index in [1.807, 2.05) is 30.3 Å². The molecule has 0 amide bonds. The summed E-state index contributed by atoms with van der Waals surface area (Å²) in [7, 11) is 0. The third-order valence-corrected chi connectivity index (χ3v) is 5.07.